The number of benzene rings is 1. The van der Waals surface area contributed by atoms with E-state index in [-0.39, 0.29) is 29.1 Å². The predicted molar refractivity (Wildman–Crippen MR) is 102 cm³/mol. The maximum atomic E-state index is 12.5. The molecule has 0 radical (unpaired) electrons. The smallest absolute Gasteiger partial charge is 0.235 e. The fraction of sp³-hybridized carbons (Fsp3) is 0.421. The molecule has 1 aromatic heterocycles. The number of amides is 1. The lowest BCUT2D eigenvalue weighted by Crippen LogP contribution is -2.44. The molecule has 1 atom stereocenters. The number of sulfone groups is 1. The highest BCUT2D eigenvalue weighted by Gasteiger charge is 2.26. The van der Waals surface area contributed by atoms with Gasteiger partial charge in [0.2, 0.25) is 17.7 Å². The number of carbonyl (C=O) groups is 1. The Balaban J connectivity index is 1.55. The fourth-order valence-corrected chi connectivity index (χ4v) is 4.29. The Morgan fingerprint density at radius 3 is 2.71 bits per heavy atom. The molecule has 8 nitrogen and oxygen atoms in total. The summed E-state index contributed by atoms with van der Waals surface area (Å²) in [5.41, 5.74) is 0. The molecule has 1 aliphatic heterocycles. The second kappa shape index (κ2) is 9.01. The maximum Gasteiger partial charge on any atom is 0.235 e. The molecule has 0 N–H and O–H groups in total. The number of methoxy groups -OCH3 is 1. The summed E-state index contributed by atoms with van der Waals surface area (Å²) < 4.78 is 35.6. The van der Waals surface area contributed by atoms with Crippen LogP contribution in [0.5, 0.6) is 11.8 Å². The molecule has 3 rings (SSSR count). The van der Waals surface area contributed by atoms with Crippen LogP contribution < -0.4 is 9.47 Å². The molecule has 0 aliphatic carbocycles. The number of ether oxygens (including phenoxy) is 2. The third-order valence-electron chi connectivity index (χ3n) is 4.50. The molecule has 9 heteroatoms. The van der Waals surface area contributed by atoms with Gasteiger partial charge in [-0.3, -0.25) is 9.78 Å². The van der Waals surface area contributed by atoms with Crippen LogP contribution >= 0.6 is 0 Å². The molecule has 1 aromatic carbocycles. The third-order valence-corrected chi connectivity index (χ3v) is 6.24. The second-order valence-electron chi connectivity index (χ2n) is 6.50. The van der Waals surface area contributed by atoms with Crippen molar-refractivity contribution in [3.63, 3.8) is 0 Å². The molecule has 2 aromatic rings. The van der Waals surface area contributed by atoms with E-state index in [2.05, 4.69) is 9.97 Å². The van der Waals surface area contributed by atoms with Crippen molar-refractivity contribution in [3.05, 3.63) is 42.7 Å². The van der Waals surface area contributed by atoms with Gasteiger partial charge in [0.05, 0.1) is 36.7 Å². The van der Waals surface area contributed by atoms with E-state index in [0.29, 0.717) is 24.8 Å². The first-order valence-corrected chi connectivity index (χ1v) is 10.7. The molecule has 1 unspecified atom stereocenters. The molecule has 2 heterocycles. The van der Waals surface area contributed by atoms with Crippen LogP contribution in [0.4, 0.5) is 0 Å². The van der Waals surface area contributed by atoms with Crippen LogP contribution in [0.2, 0.25) is 0 Å². The summed E-state index contributed by atoms with van der Waals surface area (Å²) in [7, 11) is -1.98. The zero-order chi connectivity index (χ0) is 20.0. The number of hydrogen-bond donors (Lipinski definition) is 0. The lowest BCUT2D eigenvalue weighted by molar-refractivity contribution is -0.133. The van der Waals surface area contributed by atoms with Crippen LogP contribution in [-0.2, 0) is 14.6 Å². The summed E-state index contributed by atoms with van der Waals surface area (Å²) in [6.07, 6.45) is 4.27. The lowest BCUT2D eigenvalue weighted by atomic mass is 10.1. The highest BCUT2D eigenvalue weighted by molar-refractivity contribution is 7.91. The van der Waals surface area contributed by atoms with Crippen LogP contribution in [0.25, 0.3) is 0 Å². The average Bonchev–Trinajstić information content (AvgIpc) is 2.73. The quantitative estimate of drug-likeness (QED) is 0.692. The Morgan fingerprint density at radius 1 is 1.21 bits per heavy atom. The van der Waals surface area contributed by atoms with E-state index in [1.807, 2.05) is 0 Å². The summed E-state index contributed by atoms with van der Waals surface area (Å²) in [6, 6.07) is 8.18. The Morgan fingerprint density at radius 2 is 1.96 bits per heavy atom. The third kappa shape index (κ3) is 5.19. The lowest BCUT2D eigenvalue weighted by Gasteiger charge is -2.32. The van der Waals surface area contributed by atoms with Crippen molar-refractivity contribution >= 4 is 15.7 Å². The van der Waals surface area contributed by atoms with Gasteiger partial charge in [0.1, 0.15) is 6.10 Å². The largest absolute Gasteiger partial charge is 0.480 e. The number of aromatic nitrogens is 2. The van der Waals surface area contributed by atoms with Gasteiger partial charge < -0.3 is 14.4 Å². The van der Waals surface area contributed by atoms with Crippen molar-refractivity contribution in [1.82, 2.24) is 14.9 Å². The highest BCUT2D eigenvalue weighted by Crippen LogP contribution is 2.19. The predicted octanol–water partition coefficient (Wildman–Crippen LogP) is 1.72. The molecule has 28 heavy (non-hydrogen) atoms. The molecule has 1 saturated heterocycles. The molecule has 0 spiro atoms. The summed E-state index contributed by atoms with van der Waals surface area (Å²) in [5.74, 6) is 0.293. The molecule has 1 fully saturated rings. The van der Waals surface area contributed by atoms with Gasteiger partial charge in [0, 0.05) is 13.0 Å². The van der Waals surface area contributed by atoms with Gasteiger partial charge >= 0.3 is 0 Å². The number of carbonyl (C=O) groups excluding carboxylic acids is 1. The number of likely N-dealkylation sites (tertiary alicyclic amines) is 1. The minimum absolute atomic E-state index is 0.0527. The van der Waals surface area contributed by atoms with Crippen molar-refractivity contribution in [2.75, 3.05) is 26.0 Å². The van der Waals surface area contributed by atoms with Crippen molar-refractivity contribution in [3.8, 4) is 11.8 Å². The molecule has 1 aliphatic rings. The maximum absolute atomic E-state index is 12.5. The minimum atomic E-state index is -3.47. The Bertz CT molecular complexity index is 905. The Hall–Kier alpha value is -2.68. The van der Waals surface area contributed by atoms with Crippen LogP contribution in [0.15, 0.2) is 47.6 Å². The minimum Gasteiger partial charge on any atom is -0.480 e. The molecular formula is C19H23N3O5S. The fourth-order valence-electron chi connectivity index (χ4n) is 3.04. The molecule has 1 amide bonds. The average molecular weight is 405 g/mol. The first kappa shape index (κ1) is 20.1. The van der Waals surface area contributed by atoms with E-state index < -0.39 is 9.84 Å². The normalized spacial score (nSPS) is 17.2. The van der Waals surface area contributed by atoms with Crippen LogP contribution in [0.1, 0.15) is 19.3 Å². The van der Waals surface area contributed by atoms with Crippen molar-refractivity contribution in [2.45, 2.75) is 30.3 Å². The van der Waals surface area contributed by atoms with Gasteiger partial charge in [0.15, 0.2) is 9.84 Å². The van der Waals surface area contributed by atoms with Crippen molar-refractivity contribution < 1.29 is 22.7 Å². The molecule has 0 saturated carbocycles. The standard InChI is InChI=1S/C19H23N3O5S/c1-26-17-12-20-13-18(21-17)27-15-6-5-10-22(14-15)19(23)9-11-28(24,25)16-7-3-2-4-8-16/h2-4,7-8,12-13,15H,5-6,9-11,14H2,1H3. The molecule has 150 valence electrons. The monoisotopic (exact) mass is 405 g/mol. The van der Waals surface area contributed by atoms with Crippen LogP contribution in [0, 0.1) is 0 Å². The number of nitrogens with zero attached hydrogens (tertiary/aromatic N) is 3. The number of rotatable bonds is 7. The molecule has 0 bridgehead atoms. The Kier molecular flexibility index (Phi) is 6.45. The summed E-state index contributed by atoms with van der Waals surface area (Å²) in [4.78, 5) is 22.6. The number of piperidine rings is 1. The van der Waals surface area contributed by atoms with E-state index in [4.69, 9.17) is 9.47 Å². The summed E-state index contributed by atoms with van der Waals surface area (Å²) in [6.45, 7) is 0.983. The van der Waals surface area contributed by atoms with E-state index in [9.17, 15) is 13.2 Å². The second-order valence-corrected chi connectivity index (χ2v) is 8.61. The first-order chi connectivity index (χ1) is 13.5. The van der Waals surface area contributed by atoms with Crippen molar-refractivity contribution in [2.24, 2.45) is 0 Å². The van der Waals surface area contributed by atoms with Gasteiger partial charge in [-0.1, -0.05) is 18.2 Å². The van der Waals surface area contributed by atoms with Gasteiger partial charge in [-0.25, -0.2) is 8.42 Å². The van der Waals surface area contributed by atoms with E-state index in [1.54, 1.807) is 35.2 Å². The Labute approximate surface area is 164 Å². The van der Waals surface area contributed by atoms with E-state index in [1.165, 1.54) is 19.5 Å². The highest BCUT2D eigenvalue weighted by atomic mass is 32.2. The zero-order valence-electron chi connectivity index (χ0n) is 15.7. The van der Waals surface area contributed by atoms with E-state index in [0.717, 1.165) is 12.8 Å². The summed E-state index contributed by atoms with van der Waals surface area (Å²) in [5, 5.41) is 0. The number of hydrogen-bond acceptors (Lipinski definition) is 7. The first-order valence-electron chi connectivity index (χ1n) is 9.06. The topological polar surface area (TPSA) is 98.7 Å². The van der Waals surface area contributed by atoms with Crippen molar-refractivity contribution in [1.29, 1.82) is 0 Å². The van der Waals surface area contributed by atoms with Gasteiger partial charge in [-0.15, -0.1) is 0 Å². The summed E-state index contributed by atoms with van der Waals surface area (Å²) >= 11 is 0. The van der Waals surface area contributed by atoms with Gasteiger partial charge in [-0.05, 0) is 25.0 Å². The van der Waals surface area contributed by atoms with Gasteiger partial charge in [0.25, 0.3) is 0 Å². The van der Waals surface area contributed by atoms with E-state index >= 15 is 0 Å². The SMILES string of the molecule is COc1cncc(OC2CCCN(C(=O)CCS(=O)(=O)c3ccccc3)C2)n1. The van der Waals surface area contributed by atoms with Crippen LogP contribution in [0.3, 0.4) is 0 Å². The zero-order valence-corrected chi connectivity index (χ0v) is 16.5. The van der Waals surface area contributed by atoms with Crippen LogP contribution in [-0.4, -0.2) is 61.2 Å². The molecular weight excluding hydrogens is 382 g/mol. The van der Waals surface area contributed by atoms with Gasteiger partial charge in [-0.2, -0.15) is 4.98 Å².